The molecule has 1 aromatic carbocycles. The van der Waals surface area contributed by atoms with Crippen LogP contribution in [0.4, 0.5) is 0 Å². The maximum absolute atomic E-state index is 11.9. The molecule has 0 saturated heterocycles. The highest BCUT2D eigenvalue weighted by Crippen LogP contribution is 2.15. The van der Waals surface area contributed by atoms with E-state index in [9.17, 15) is 9.90 Å². The van der Waals surface area contributed by atoms with Crippen molar-refractivity contribution in [2.45, 2.75) is 13.0 Å². The molecular formula is C14H15NO2S. The number of thiophene rings is 1. The lowest BCUT2D eigenvalue weighted by atomic mass is 10.1. The van der Waals surface area contributed by atoms with Gasteiger partial charge in [-0.15, -0.1) is 0 Å². The predicted octanol–water partition coefficient (Wildman–Crippen LogP) is 2.52. The van der Waals surface area contributed by atoms with Crippen LogP contribution in [0.3, 0.4) is 0 Å². The minimum absolute atomic E-state index is 0.159. The predicted molar refractivity (Wildman–Crippen MR) is 72.8 cm³/mol. The van der Waals surface area contributed by atoms with Gasteiger partial charge >= 0.3 is 0 Å². The van der Waals surface area contributed by atoms with Crippen molar-refractivity contribution in [3.63, 3.8) is 0 Å². The van der Waals surface area contributed by atoms with Gasteiger partial charge in [0.15, 0.2) is 0 Å². The third kappa shape index (κ3) is 3.18. The summed E-state index contributed by atoms with van der Waals surface area (Å²) in [6, 6.07) is 9.23. The Morgan fingerprint density at radius 2 is 2.28 bits per heavy atom. The molecule has 2 rings (SSSR count). The van der Waals surface area contributed by atoms with E-state index in [2.05, 4.69) is 5.32 Å². The van der Waals surface area contributed by atoms with Gasteiger partial charge in [-0.1, -0.05) is 17.7 Å². The molecule has 1 amide bonds. The van der Waals surface area contributed by atoms with Crippen molar-refractivity contribution in [2.75, 3.05) is 6.54 Å². The van der Waals surface area contributed by atoms with E-state index >= 15 is 0 Å². The van der Waals surface area contributed by atoms with Crippen molar-refractivity contribution in [1.29, 1.82) is 0 Å². The summed E-state index contributed by atoms with van der Waals surface area (Å²) in [5.41, 5.74) is 2.50. The highest BCUT2D eigenvalue weighted by Gasteiger charge is 2.10. The van der Waals surface area contributed by atoms with E-state index in [1.165, 1.54) is 11.3 Å². The van der Waals surface area contributed by atoms with Gasteiger partial charge in [-0.2, -0.15) is 11.3 Å². The molecule has 18 heavy (non-hydrogen) atoms. The van der Waals surface area contributed by atoms with Gasteiger partial charge in [0.25, 0.3) is 5.91 Å². The normalized spacial score (nSPS) is 12.1. The van der Waals surface area contributed by atoms with Gasteiger partial charge in [-0.25, -0.2) is 0 Å². The van der Waals surface area contributed by atoms with E-state index in [0.29, 0.717) is 5.56 Å². The largest absolute Gasteiger partial charge is 0.387 e. The summed E-state index contributed by atoms with van der Waals surface area (Å²) in [5, 5.41) is 16.4. The van der Waals surface area contributed by atoms with Crippen LogP contribution in [0, 0.1) is 6.92 Å². The molecule has 94 valence electrons. The smallest absolute Gasteiger partial charge is 0.251 e. The Bertz CT molecular complexity index is 522. The topological polar surface area (TPSA) is 49.3 Å². The zero-order valence-corrected chi connectivity index (χ0v) is 10.9. The lowest BCUT2D eigenvalue weighted by Gasteiger charge is -2.10. The number of hydrogen-bond donors (Lipinski definition) is 2. The molecule has 0 bridgehead atoms. The molecule has 1 atom stereocenters. The van der Waals surface area contributed by atoms with E-state index < -0.39 is 6.10 Å². The summed E-state index contributed by atoms with van der Waals surface area (Å²) in [6.07, 6.45) is -0.648. The van der Waals surface area contributed by atoms with Crippen LogP contribution in [0.25, 0.3) is 0 Å². The Labute approximate surface area is 110 Å². The summed E-state index contributed by atoms with van der Waals surface area (Å²) in [6.45, 7) is 2.17. The number of nitrogens with one attached hydrogen (secondary N) is 1. The second-order valence-electron chi connectivity index (χ2n) is 4.15. The molecule has 0 fully saturated rings. The summed E-state index contributed by atoms with van der Waals surface area (Å²) in [4.78, 5) is 11.9. The number of rotatable bonds is 4. The maximum atomic E-state index is 11.9. The number of amides is 1. The third-order valence-corrected chi connectivity index (χ3v) is 3.37. The van der Waals surface area contributed by atoms with Gasteiger partial charge in [-0.05, 0) is 41.4 Å². The number of carbonyl (C=O) groups excluding carboxylic acids is 1. The van der Waals surface area contributed by atoms with Gasteiger partial charge in [-0.3, -0.25) is 4.79 Å². The SMILES string of the molecule is Cc1cccc(C(=O)NCC(O)c2ccsc2)c1. The lowest BCUT2D eigenvalue weighted by molar-refractivity contribution is 0.0916. The van der Waals surface area contributed by atoms with Gasteiger partial charge in [0.05, 0.1) is 6.10 Å². The molecular weight excluding hydrogens is 246 g/mol. The zero-order valence-electron chi connectivity index (χ0n) is 10.1. The molecule has 0 saturated carbocycles. The minimum atomic E-state index is -0.648. The Kier molecular flexibility index (Phi) is 4.12. The number of benzene rings is 1. The monoisotopic (exact) mass is 261 g/mol. The summed E-state index contributed by atoms with van der Waals surface area (Å²) in [7, 11) is 0. The molecule has 4 heteroatoms. The van der Waals surface area contributed by atoms with Crippen molar-refractivity contribution in [2.24, 2.45) is 0 Å². The molecule has 2 aromatic rings. The van der Waals surface area contributed by atoms with Crippen molar-refractivity contribution in [1.82, 2.24) is 5.32 Å². The van der Waals surface area contributed by atoms with Crippen molar-refractivity contribution >= 4 is 17.2 Å². The van der Waals surface area contributed by atoms with E-state index in [0.717, 1.165) is 11.1 Å². The first-order valence-electron chi connectivity index (χ1n) is 5.72. The molecule has 0 spiro atoms. The van der Waals surface area contributed by atoms with Crippen LogP contribution in [0.2, 0.25) is 0 Å². The summed E-state index contributed by atoms with van der Waals surface area (Å²) in [5.74, 6) is -0.159. The highest BCUT2D eigenvalue weighted by atomic mass is 32.1. The van der Waals surface area contributed by atoms with Crippen molar-refractivity contribution in [3.8, 4) is 0 Å². The van der Waals surface area contributed by atoms with Gasteiger partial charge < -0.3 is 10.4 Å². The molecule has 2 N–H and O–H groups in total. The minimum Gasteiger partial charge on any atom is -0.387 e. The number of hydrogen-bond acceptors (Lipinski definition) is 3. The average Bonchev–Trinajstić information content (AvgIpc) is 2.89. The van der Waals surface area contributed by atoms with E-state index in [1.54, 1.807) is 6.07 Å². The summed E-state index contributed by atoms with van der Waals surface area (Å²) < 4.78 is 0. The Hall–Kier alpha value is -1.65. The maximum Gasteiger partial charge on any atom is 0.251 e. The average molecular weight is 261 g/mol. The number of aliphatic hydroxyl groups excluding tert-OH is 1. The lowest BCUT2D eigenvalue weighted by Crippen LogP contribution is -2.28. The summed E-state index contributed by atoms with van der Waals surface area (Å²) >= 11 is 1.53. The molecule has 0 aliphatic heterocycles. The molecule has 1 aromatic heterocycles. The third-order valence-electron chi connectivity index (χ3n) is 2.66. The van der Waals surface area contributed by atoms with Crippen LogP contribution in [0.5, 0.6) is 0 Å². The van der Waals surface area contributed by atoms with Crippen LogP contribution >= 0.6 is 11.3 Å². The molecule has 0 radical (unpaired) electrons. The molecule has 0 aliphatic carbocycles. The second kappa shape index (κ2) is 5.80. The van der Waals surface area contributed by atoms with Gasteiger partial charge in [0.1, 0.15) is 0 Å². The number of carbonyl (C=O) groups is 1. The van der Waals surface area contributed by atoms with Crippen molar-refractivity contribution in [3.05, 3.63) is 57.8 Å². The van der Waals surface area contributed by atoms with E-state index in [1.807, 2.05) is 41.9 Å². The van der Waals surface area contributed by atoms with E-state index in [-0.39, 0.29) is 12.5 Å². The van der Waals surface area contributed by atoms with Gasteiger partial charge in [0.2, 0.25) is 0 Å². The Morgan fingerprint density at radius 1 is 1.44 bits per heavy atom. The number of aliphatic hydroxyl groups is 1. The Balaban J connectivity index is 1.92. The molecule has 1 unspecified atom stereocenters. The standard InChI is InChI=1S/C14H15NO2S/c1-10-3-2-4-11(7-10)14(17)15-8-13(16)12-5-6-18-9-12/h2-7,9,13,16H,8H2,1H3,(H,15,17). The van der Waals surface area contributed by atoms with E-state index in [4.69, 9.17) is 0 Å². The van der Waals surface area contributed by atoms with Crippen LogP contribution in [0.15, 0.2) is 41.1 Å². The highest BCUT2D eigenvalue weighted by molar-refractivity contribution is 7.07. The molecule has 3 nitrogen and oxygen atoms in total. The first-order valence-corrected chi connectivity index (χ1v) is 6.66. The van der Waals surface area contributed by atoms with Crippen LogP contribution in [-0.4, -0.2) is 17.6 Å². The van der Waals surface area contributed by atoms with Crippen molar-refractivity contribution < 1.29 is 9.90 Å². The first-order chi connectivity index (χ1) is 8.66. The first kappa shape index (κ1) is 12.8. The fourth-order valence-electron chi connectivity index (χ4n) is 1.66. The quantitative estimate of drug-likeness (QED) is 0.888. The van der Waals surface area contributed by atoms with Crippen LogP contribution < -0.4 is 5.32 Å². The fraction of sp³-hybridized carbons (Fsp3) is 0.214. The zero-order chi connectivity index (χ0) is 13.0. The van der Waals surface area contributed by atoms with Gasteiger partial charge in [0, 0.05) is 12.1 Å². The van der Waals surface area contributed by atoms with Crippen LogP contribution in [-0.2, 0) is 0 Å². The number of aryl methyl sites for hydroxylation is 1. The second-order valence-corrected chi connectivity index (χ2v) is 4.93. The fourth-order valence-corrected chi connectivity index (χ4v) is 2.37. The molecule has 0 aliphatic rings. The molecule has 1 heterocycles. The Morgan fingerprint density at radius 3 is 2.94 bits per heavy atom. The van der Waals surface area contributed by atoms with Crippen LogP contribution in [0.1, 0.15) is 27.6 Å².